The highest BCUT2D eigenvalue weighted by Crippen LogP contribution is 2.23. The molecule has 0 aliphatic heterocycles. The third-order valence-electron chi connectivity index (χ3n) is 1.98. The first-order valence-corrected chi connectivity index (χ1v) is 5.19. The molecule has 82 valence electrons. The van der Waals surface area contributed by atoms with Gasteiger partial charge in [0.05, 0.1) is 6.61 Å². The molecule has 6 nitrogen and oxygen atoms in total. The van der Waals surface area contributed by atoms with Gasteiger partial charge in [0.25, 0.3) is 0 Å². The van der Waals surface area contributed by atoms with Crippen molar-refractivity contribution >= 4 is 11.9 Å². The van der Waals surface area contributed by atoms with Gasteiger partial charge in [0.2, 0.25) is 11.9 Å². The molecule has 0 spiro atoms. The highest BCUT2D eigenvalue weighted by Gasteiger charge is 2.22. The predicted octanol–water partition coefficient (Wildman–Crippen LogP) is 0.817. The molecule has 0 aromatic carbocycles. The van der Waals surface area contributed by atoms with Crippen molar-refractivity contribution in [2.24, 2.45) is 0 Å². The standard InChI is InChI=1S/C9H15N5O/c1-2-5-15-9-13-7(10)12-8(14-9)11-6-3-4-6/h6H,2-5H2,1H3,(H3,10,11,12,13,14). The van der Waals surface area contributed by atoms with Gasteiger partial charge in [0.15, 0.2) is 0 Å². The fraction of sp³-hybridized carbons (Fsp3) is 0.667. The number of hydrogen-bond donors (Lipinski definition) is 2. The minimum Gasteiger partial charge on any atom is -0.463 e. The summed E-state index contributed by atoms with van der Waals surface area (Å²) in [6.45, 7) is 2.61. The minimum atomic E-state index is 0.194. The summed E-state index contributed by atoms with van der Waals surface area (Å²) in [5.74, 6) is 0.704. The van der Waals surface area contributed by atoms with Crippen molar-refractivity contribution in [1.29, 1.82) is 0 Å². The van der Waals surface area contributed by atoms with Crippen LogP contribution in [0.5, 0.6) is 6.01 Å². The van der Waals surface area contributed by atoms with Crippen LogP contribution in [0.2, 0.25) is 0 Å². The Hall–Kier alpha value is -1.59. The summed E-state index contributed by atoms with van der Waals surface area (Å²) in [4.78, 5) is 12.0. The molecule has 1 heterocycles. The molecule has 3 N–H and O–H groups in total. The molecule has 1 saturated carbocycles. The number of anilines is 2. The average molecular weight is 209 g/mol. The predicted molar refractivity (Wildman–Crippen MR) is 56.7 cm³/mol. The van der Waals surface area contributed by atoms with Crippen molar-refractivity contribution in [3.8, 4) is 6.01 Å². The smallest absolute Gasteiger partial charge is 0.323 e. The summed E-state index contributed by atoms with van der Waals surface area (Å²) in [5, 5.41) is 3.15. The van der Waals surface area contributed by atoms with Crippen LogP contribution < -0.4 is 15.8 Å². The molecule has 0 bridgehead atoms. The maximum atomic E-state index is 5.55. The molecular formula is C9H15N5O. The summed E-state index contributed by atoms with van der Waals surface area (Å²) in [6, 6.07) is 0.790. The van der Waals surface area contributed by atoms with Crippen molar-refractivity contribution < 1.29 is 4.74 Å². The van der Waals surface area contributed by atoms with Crippen LogP contribution in [0.15, 0.2) is 0 Å². The lowest BCUT2D eigenvalue weighted by Gasteiger charge is -2.06. The second kappa shape index (κ2) is 4.29. The van der Waals surface area contributed by atoms with E-state index in [1.54, 1.807) is 0 Å². The van der Waals surface area contributed by atoms with Gasteiger partial charge in [-0.3, -0.25) is 0 Å². The van der Waals surface area contributed by atoms with Gasteiger partial charge in [-0.05, 0) is 19.3 Å². The lowest BCUT2D eigenvalue weighted by atomic mass is 10.5. The monoisotopic (exact) mass is 209 g/mol. The van der Waals surface area contributed by atoms with Gasteiger partial charge in [-0.1, -0.05) is 6.92 Å². The molecule has 6 heteroatoms. The van der Waals surface area contributed by atoms with E-state index in [1.165, 1.54) is 0 Å². The van der Waals surface area contributed by atoms with Crippen LogP contribution in [0, 0.1) is 0 Å². The molecule has 0 atom stereocenters. The van der Waals surface area contributed by atoms with Crippen LogP contribution in [0.4, 0.5) is 11.9 Å². The van der Waals surface area contributed by atoms with Gasteiger partial charge < -0.3 is 15.8 Å². The highest BCUT2D eigenvalue weighted by atomic mass is 16.5. The Balaban J connectivity index is 2.05. The van der Waals surface area contributed by atoms with Gasteiger partial charge in [-0.25, -0.2) is 0 Å². The van der Waals surface area contributed by atoms with Crippen molar-refractivity contribution in [3.63, 3.8) is 0 Å². The van der Waals surface area contributed by atoms with Gasteiger partial charge >= 0.3 is 6.01 Å². The number of nitrogens with one attached hydrogen (secondary N) is 1. The molecule has 1 aliphatic carbocycles. The van der Waals surface area contributed by atoms with Crippen molar-refractivity contribution in [1.82, 2.24) is 15.0 Å². The summed E-state index contributed by atoms with van der Waals surface area (Å²) >= 11 is 0. The number of nitrogens with two attached hydrogens (primary N) is 1. The molecule has 15 heavy (non-hydrogen) atoms. The van der Waals surface area contributed by atoms with Gasteiger partial charge in [-0.15, -0.1) is 0 Å². The van der Waals surface area contributed by atoms with E-state index in [0.29, 0.717) is 24.6 Å². The second-order valence-electron chi connectivity index (χ2n) is 3.57. The SMILES string of the molecule is CCCOc1nc(N)nc(NC2CC2)n1. The Bertz CT molecular complexity index is 339. The van der Waals surface area contributed by atoms with Crippen molar-refractivity contribution in [2.75, 3.05) is 17.7 Å². The van der Waals surface area contributed by atoms with Gasteiger partial charge in [-0.2, -0.15) is 15.0 Å². The van der Waals surface area contributed by atoms with E-state index in [1.807, 2.05) is 6.92 Å². The third kappa shape index (κ3) is 2.93. The fourth-order valence-corrected chi connectivity index (χ4v) is 1.10. The topological polar surface area (TPSA) is 86.0 Å². The summed E-state index contributed by atoms with van der Waals surface area (Å²) in [5.41, 5.74) is 5.55. The lowest BCUT2D eigenvalue weighted by Crippen LogP contribution is -2.10. The van der Waals surface area contributed by atoms with Crippen molar-refractivity contribution in [2.45, 2.75) is 32.2 Å². The zero-order chi connectivity index (χ0) is 10.7. The van der Waals surface area contributed by atoms with Crippen LogP contribution >= 0.6 is 0 Å². The van der Waals surface area contributed by atoms with Crippen molar-refractivity contribution in [3.05, 3.63) is 0 Å². The van der Waals surface area contributed by atoms with E-state index in [4.69, 9.17) is 10.5 Å². The zero-order valence-corrected chi connectivity index (χ0v) is 8.73. The fourth-order valence-electron chi connectivity index (χ4n) is 1.10. The van der Waals surface area contributed by atoms with E-state index < -0.39 is 0 Å². The minimum absolute atomic E-state index is 0.194. The Morgan fingerprint density at radius 3 is 2.87 bits per heavy atom. The van der Waals surface area contributed by atoms with E-state index in [0.717, 1.165) is 19.3 Å². The first kappa shape index (κ1) is 9.95. The van der Waals surface area contributed by atoms with E-state index in [-0.39, 0.29) is 5.95 Å². The van der Waals surface area contributed by atoms with Crippen LogP contribution in [-0.2, 0) is 0 Å². The first-order valence-electron chi connectivity index (χ1n) is 5.19. The number of nitrogens with zero attached hydrogens (tertiary/aromatic N) is 3. The average Bonchev–Trinajstić information content (AvgIpc) is 2.98. The largest absolute Gasteiger partial charge is 0.463 e. The second-order valence-corrected chi connectivity index (χ2v) is 3.57. The molecule has 1 aromatic rings. The first-order chi connectivity index (χ1) is 7.28. The van der Waals surface area contributed by atoms with E-state index in [2.05, 4.69) is 20.3 Å². The molecular weight excluding hydrogens is 194 g/mol. The molecule has 1 fully saturated rings. The number of ether oxygens (including phenoxy) is 1. The molecule has 1 aromatic heterocycles. The van der Waals surface area contributed by atoms with E-state index >= 15 is 0 Å². The highest BCUT2D eigenvalue weighted by molar-refractivity contribution is 5.34. The summed E-state index contributed by atoms with van der Waals surface area (Å²) in [7, 11) is 0. The third-order valence-corrected chi connectivity index (χ3v) is 1.98. The Kier molecular flexibility index (Phi) is 2.84. The summed E-state index contributed by atoms with van der Waals surface area (Å²) < 4.78 is 5.30. The van der Waals surface area contributed by atoms with Gasteiger partial charge in [0, 0.05) is 6.04 Å². The molecule has 0 unspecified atom stereocenters. The summed E-state index contributed by atoms with van der Waals surface area (Å²) in [6.07, 6.45) is 3.24. The molecule has 0 radical (unpaired) electrons. The molecule has 2 rings (SSSR count). The number of hydrogen-bond acceptors (Lipinski definition) is 6. The molecule has 0 saturated heterocycles. The van der Waals surface area contributed by atoms with Crippen LogP contribution in [0.1, 0.15) is 26.2 Å². The maximum absolute atomic E-state index is 5.55. The Labute approximate surface area is 88.3 Å². The molecule has 0 amide bonds. The number of nitrogen functional groups attached to an aromatic ring is 1. The van der Waals surface area contributed by atoms with Crippen LogP contribution in [0.25, 0.3) is 0 Å². The Morgan fingerprint density at radius 1 is 1.40 bits per heavy atom. The number of aromatic nitrogens is 3. The van der Waals surface area contributed by atoms with Gasteiger partial charge in [0.1, 0.15) is 0 Å². The Morgan fingerprint density at radius 2 is 2.20 bits per heavy atom. The maximum Gasteiger partial charge on any atom is 0.323 e. The normalized spacial score (nSPS) is 15.0. The quantitative estimate of drug-likeness (QED) is 0.746. The van der Waals surface area contributed by atoms with Crippen LogP contribution in [-0.4, -0.2) is 27.6 Å². The zero-order valence-electron chi connectivity index (χ0n) is 8.73. The van der Waals surface area contributed by atoms with E-state index in [9.17, 15) is 0 Å². The van der Waals surface area contributed by atoms with Crippen LogP contribution in [0.3, 0.4) is 0 Å². The number of rotatable bonds is 5. The lowest BCUT2D eigenvalue weighted by molar-refractivity contribution is 0.292. The molecule has 1 aliphatic rings.